The molecule has 0 radical (unpaired) electrons. The first-order valence-electron chi connectivity index (χ1n) is 8.35. The lowest BCUT2D eigenvalue weighted by atomic mass is 10.0. The molecule has 0 saturated carbocycles. The Hall–Kier alpha value is -2.86. The number of ether oxygens (including phenoxy) is 1. The van der Waals surface area contributed by atoms with Crippen molar-refractivity contribution in [3.8, 4) is 5.75 Å². The molecule has 7 heteroatoms. The molecule has 1 aromatic heterocycles. The highest BCUT2D eigenvalue weighted by Gasteiger charge is 2.26. The van der Waals surface area contributed by atoms with Crippen LogP contribution < -0.4 is 10.4 Å². The fraction of sp³-hybridized carbons (Fsp3) is 0.200. The lowest BCUT2D eigenvalue weighted by Crippen LogP contribution is -2.18. The molecule has 2 aromatic carbocycles. The minimum Gasteiger partial charge on any atom is -0.489 e. The molecule has 0 amide bonds. The van der Waals surface area contributed by atoms with Crippen LogP contribution in [-0.2, 0) is 4.84 Å². The Morgan fingerprint density at radius 3 is 2.96 bits per heavy atom. The fourth-order valence-electron chi connectivity index (χ4n) is 3.02. The summed E-state index contributed by atoms with van der Waals surface area (Å²) in [4.78, 5) is 16.9. The van der Waals surface area contributed by atoms with E-state index in [1.807, 2.05) is 13.0 Å². The van der Waals surface area contributed by atoms with Crippen molar-refractivity contribution in [1.82, 2.24) is 0 Å². The predicted octanol–water partition coefficient (Wildman–Crippen LogP) is 4.47. The first-order valence-corrected chi connectivity index (χ1v) is 8.73. The van der Waals surface area contributed by atoms with Gasteiger partial charge < -0.3 is 14.0 Å². The maximum atomic E-state index is 14.0. The molecule has 0 bridgehead atoms. The number of hydrogen-bond acceptors (Lipinski definition) is 5. The van der Waals surface area contributed by atoms with Gasteiger partial charge >= 0.3 is 5.63 Å². The SMILES string of the molecule is Cc1cc(=O)oc2cc(OCC3CC(c4c(F)cccc4Cl)=NO3)ccc12. The van der Waals surface area contributed by atoms with Crippen LogP contribution in [0.4, 0.5) is 4.39 Å². The topological polar surface area (TPSA) is 61.0 Å². The first-order chi connectivity index (χ1) is 13.0. The smallest absolute Gasteiger partial charge is 0.336 e. The minimum atomic E-state index is -0.439. The van der Waals surface area contributed by atoms with Crippen LogP contribution in [0.3, 0.4) is 0 Å². The van der Waals surface area contributed by atoms with E-state index in [9.17, 15) is 9.18 Å². The maximum absolute atomic E-state index is 14.0. The van der Waals surface area contributed by atoms with Crippen molar-refractivity contribution in [3.05, 3.63) is 74.9 Å². The average Bonchev–Trinajstić information content (AvgIpc) is 3.08. The monoisotopic (exact) mass is 387 g/mol. The van der Waals surface area contributed by atoms with Crippen molar-refractivity contribution in [3.63, 3.8) is 0 Å². The van der Waals surface area contributed by atoms with Crippen molar-refractivity contribution in [1.29, 1.82) is 0 Å². The van der Waals surface area contributed by atoms with Crippen molar-refractivity contribution >= 4 is 28.3 Å². The molecular weight excluding hydrogens is 373 g/mol. The number of oxime groups is 1. The quantitative estimate of drug-likeness (QED) is 0.620. The standard InChI is InChI=1S/C20H15ClFNO4/c1-11-7-19(24)26-18-9-12(5-6-14(11)18)25-10-13-8-17(23-27-13)20-15(21)3-2-4-16(20)22/h2-7,9,13H,8,10H2,1H3. The molecule has 0 N–H and O–H groups in total. The van der Waals surface area contributed by atoms with E-state index in [1.165, 1.54) is 18.2 Å². The molecule has 1 atom stereocenters. The summed E-state index contributed by atoms with van der Waals surface area (Å²) in [5.41, 5.74) is 1.60. The third kappa shape index (κ3) is 3.53. The lowest BCUT2D eigenvalue weighted by molar-refractivity contribution is 0.0471. The molecule has 0 aliphatic carbocycles. The Kier molecular flexibility index (Phi) is 4.58. The van der Waals surface area contributed by atoms with Gasteiger partial charge in [0.05, 0.1) is 16.3 Å². The third-order valence-electron chi connectivity index (χ3n) is 4.34. The summed E-state index contributed by atoms with van der Waals surface area (Å²) < 4.78 is 25.0. The number of fused-ring (bicyclic) bond motifs is 1. The van der Waals surface area contributed by atoms with Crippen LogP contribution in [-0.4, -0.2) is 18.4 Å². The number of aryl methyl sites for hydroxylation is 1. The Morgan fingerprint density at radius 1 is 1.30 bits per heavy atom. The number of benzene rings is 2. The molecule has 138 valence electrons. The van der Waals surface area contributed by atoms with Gasteiger partial charge in [-0.3, -0.25) is 0 Å². The van der Waals surface area contributed by atoms with Crippen LogP contribution in [0.5, 0.6) is 5.75 Å². The largest absolute Gasteiger partial charge is 0.489 e. The van der Waals surface area contributed by atoms with E-state index in [4.69, 9.17) is 25.6 Å². The van der Waals surface area contributed by atoms with Gasteiger partial charge in [0.25, 0.3) is 0 Å². The average molecular weight is 388 g/mol. The zero-order valence-corrected chi connectivity index (χ0v) is 15.1. The highest BCUT2D eigenvalue weighted by Crippen LogP contribution is 2.27. The summed E-state index contributed by atoms with van der Waals surface area (Å²) in [6.45, 7) is 2.06. The normalized spacial score (nSPS) is 16.3. The van der Waals surface area contributed by atoms with Gasteiger partial charge in [0.1, 0.15) is 23.8 Å². The van der Waals surface area contributed by atoms with Gasteiger partial charge in [-0.1, -0.05) is 22.8 Å². The highest BCUT2D eigenvalue weighted by molar-refractivity contribution is 6.34. The van der Waals surface area contributed by atoms with Gasteiger partial charge in [-0.15, -0.1) is 0 Å². The van der Waals surface area contributed by atoms with Crippen molar-refractivity contribution in [2.24, 2.45) is 5.16 Å². The van der Waals surface area contributed by atoms with Crippen LogP contribution in [0.25, 0.3) is 11.0 Å². The number of halogens is 2. The molecule has 4 rings (SSSR count). The molecule has 5 nitrogen and oxygen atoms in total. The maximum Gasteiger partial charge on any atom is 0.336 e. The predicted molar refractivity (Wildman–Crippen MR) is 100 cm³/mol. The van der Waals surface area contributed by atoms with E-state index >= 15 is 0 Å². The summed E-state index contributed by atoms with van der Waals surface area (Å²) >= 11 is 6.07. The van der Waals surface area contributed by atoms with Crippen LogP contribution >= 0.6 is 11.6 Å². The van der Waals surface area contributed by atoms with Crippen molar-refractivity contribution in [2.45, 2.75) is 19.4 Å². The highest BCUT2D eigenvalue weighted by atomic mass is 35.5. The first kappa shape index (κ1) is 17.5. The molecule has 1 aliphatic rings. The second kappa shape index (κ2) is 7.04. The molecule has 2 heterocycles. The van der Waals surface area contributed by atoms with E-state index in [2.05, 4.69) is 5.16 Å². The Labute approximate surface area is 159 Å². The van der Waals surface area contributed by atoms with Crippen molar-refractivity contribution in [2.75, 3.05) is 6.61 Å². The summed E-state index contributed by atoms with van der Waals surface area (Å²) in [7, 11) is 0. The molecule has 0 saturated heterocycles. The Balaban J connectivity index is 1.45. The summed E-state index contributed by atoms with van der Waals surface area (Å²) in [6.07, 6.45) is 0.0125. The zero-order chi connectivity index (χ0) is 19.0. The molecule has 0 spiro atoms. The van der Waals surface area contributed by atoms with Gasteiger partial charge in [0.15, 0.2) is 6.10 Å². The van der Waals surface area contributed by atoms with Gasteiger partial charge in [-0.2, -0.15) is 0 Å². The second-order valence-electron chi connectivity index (χ2n) is 6.28. The Bertz CT molecular complexity index is 1090. The summed E-state index contributed by atoms with van der Waals surface area (Å²) in [5.74, 6) is 0.101. The molecule has 1 aliphatic heterocycles. The molecule has 0 fully saturated rings. The number of hydrogen-bond donors (Lipinski definition) is 0. The van der Waals surface area contributed by atoms with Crippen LogP contribution in [0.15, 0.2) is 56.8 Å². The van der Waals surface area contributed by atoms with E-state index in [1.54, 1.807) is 18.2 Å². The molecule has 27 heavy (non-hydrogen) atoms. The van der Waals surface area contributed by atoms with Crippen molar-refractivity contribution < 1.29 is 18.4 Å². The van der Waals surface area contributed by atoms with Crippen LogP contribution in [0.1, 0.15) is 17.5 Å². The van der Waals surface area contributed by atoms with Gasteiger partial charge in [-0.25, -0.2) is 9.18 Å². The summed E-state index contributed by atoms with van der Waals surface area (Å²) in [5, 5.41) is 5.08. The lowest BCUT2D eigenvalue weighted by Gasteiger charge is -2.11. The molecular formula is C20H15ClFNO4. The number of rotatable bonds is 4. The van der Waals surface area contributed by atoms with Crippen LogP contribution in [0, 0.1) is 12.7 Å². The van der Waals surface area contributed by atoms with E-state index in [0.29, 0.717) is 28.5 Å². The van der Waals surface area contributed by atoms with Crippen LogP contribution in [0.2, 0.25) is 5.02 Å². The third-order valence-corrected chi connectivity index (χ3v) is 4.66. The number of nitrogens with zero attached hydrogens (tertiary/aromatic N) is 1. The zero-order valence-electron chi connectivity index (χ0n) is 14.4. The minimum absolute atomic E-state index is 0.209. The van der Waals surface area contributed by atoms with E-state index < -0.39 is 11.4 Å². The molecule has 1 unspecified atom stereocenters. The van der Waals surface area contributed by atoms with Gasteiger partial charge in [-0.05, 0) is 36.8 Å². The fourth-order valence-corrected chi connectivity index (χ4v) is 3.30. The molecule has 3 aromatic rings. The van der Waals surface area contributed by atoms with E-state index in [0.717, 1.165) is 10.9 Å². The van der Waals surface area contributed by atoms with E-state index in [-0.39, 0.29) is 18.3 Å². The second-order valence-corrected chi connectivity index (χ2v) is 6.69. The summed E-state index contributed by atoms with van der Waals surface area (Å²) in [6, 6.07) is 11.2. The van der Waals surface area contributed by atoms with Gasteiger partial charge in [0, 0.05) is 23.9 Å². The van der Waals surface area contributed by atoms with Gasteiger partial charge in [0.2, 0.25) is 0 Å². The Morgan fingerprint density at radius 2 is 2.15 bits per heavy atom.